The van der Waals surface area contributed by atoms with Crippen LogP contribution < -0.4 is 11.1 Å². The number of hydrogen-bond donors (Lipinski definition) is 2. The molecule has 1 heterocycles. The van der Waals surface area contributed by atoms with E-state index >= 15 is 0 Å². The van der Waals surface area contributed by atoms with E-state index in [9.17, 15) is 0 Å². The summed E-state index contributed by atoms with van der Waals surface area (Å²) < 4.78 is 0. The van der Waals surface area contributed by atoms with Gasteiger partial charge in [-0.3, -0.25) is 0 Å². The van der Waals surface area contributed by atoms with E-state index in [-0.39, 0.29) is 0 Å². The summed E-state index contributed by atoms with van der Waals surface area (Å²) in [4.78, 5) is 12.0. The Labute approximate surface area is 83.5 Å². The van der Waals surface area contributed by atoms with Gasteiger partial charge in [-0.05, 0) is 12.5 Å². The van der Waals surface area contributed by atoms with Gasteiger partial charge in [0.2, 0.25) is 0 Å². The molecule has 1 aromatic rings. The fraction of sp³-hybridized carbons (Fsp3) is 0.444. The number of nitrogens with zero attached hydrogens (tertiary/aromatic N) is 3. The Balaban J connectivity index is 2.39. The number of hydrogen-bond acceptors (Lipinski definition) is 3. The number of aromatic nitrogens is 2. The first-order valence-corrected chi connectivity index (χ1v) is 4.61. The first-order chi connectivity index (χ1) is 6.83. The lowest BCUT2D eigenvalue weighted by molar-refractivity contribution is 0.822. The van der Waals surface area contributed by atoms with E-state index in [0.717, 1.165) is 18.7 Å². The van der Waals surface area contributed by atoms with E-state index in [1.165, 1.54) is 6.33 Å². The van der Waals surface area contributed by atoms with E-state index in [2.05, 4.69) is 27.2 Å². The van der Waals surface area contributed by atoms with Crippen molar-refractivity contribution in [1.82, 2.24) is 15.3 Å². The Bertz CT molecular complexity index is 283. The van der Waals surface area contributed by atoms with Crippen LogP contribution >= 0.6 is 0 Å². The summed E-state index contributed by atoms with van der Waals surface area (Å²) in [6, 6.07) is 1.82. The summed E-state index contributed by atoms with van der Waals surface area (Å²) in [6.07, 6.45) is 4.22. The van der Waals surface area contributed by atoms with Crippen LogP contribution in [0.3, 0.4) is 0 Å². The van der Waals surface area contributed by atoms with Gasteiger partial charge in [0, 0.05) is 12.7 Å². The molecule has 0 spiro atoms. The highest BCUT2D eigenvalue weighted by Gasteiger charge is 1.92. The molecule has 5 nitrogen and oxygen atoms in total. The van der Waals surface area contributed by atoms with Crippen LogP contribution in [0.25, 0.3) is 0 Å². The first kappa shape index (κ1) is 10.4. The minimum atomic E-state index is 0.463. The molecule has 0 aliphatic heterocycles. The third-order valence-corrected chi connectivity index (χ3v) is 1.61. The lowest BCUT2D eigenvalue weighted by Gasteiger charge is -2.02. The predicted molar refractivity (Wildman–Crippen MR) is 55.7 cm³/mol. The Morgan fingerprint density at radius 1 is 1.64 bits per heavy atom. The highest BCUT2D eigenvalue weighted by atomic mass is 15.1. The lowest BCUT2D eigenvalue weighted by atomic mass is 10.4. The molecular weight excluding hydrogens is 178 g/mol. The zero-order valence-corrected chi connectivity index (χ0v) is 8.27. The lowest BCUT2D eigenvalue weighted by Crippen LogP contribution is -2.32. The van der Waals surface area contributed by atoms with Gasteiger partial charge >= 0.3 is 0 Å². The van der Waals surface area contributed by atoms with Crippen LogP contribution in [-0.2, 0) is 6.54 Å². The van der Waals surface area contributed by atoms with Gasteiger partial charge in [0.05, 0.1) is 12.2 Å². The normalized spacial score (nSPS) is 11.4. The highest BCUT2D eigenvalue weighted by molar-refractivity contribution is 5.77. The number of rotatable bonds is 4. The minimum Gasteiger partial charge on any atom is -0.370 e. The molecule has 1 rings (SSSR count). The molecule has 0 fully saturated rings. The van der Waals surface area contributed by atoms with Crippen molar-refractivity contribution in [2.75, 3.05) is 6.54 Å². The van der Waals surface area contributed by atoms with Gasteiger partial charge in [-0.25, -0.2) is 15.0 Å². The molecule has 0 aromatic carbocycles. The molecule has 3 N–H and O–H groups in total. The van der Waals surface area contributed by atoms with Crippen LogP contribution in [0.15, 0.2) is 23.6 Å². The van der Waals surface area contributed by atoms with Crippen molar-refractivity contribution in [3.8, 4) is 0 Å². The van der Waals surface area contributed by atoms with Crippen molar-refractivity contribution < 1.29 is 0 Å². The molecule has 0 atom stereocenters. The summed E-state index contributed by atoms with van der Waals surface area (Å²) in [5, 5.41) is 2.99. The molecule has 0 saturated heterocycles. The Morgan fingerprint density at radius 3 is 3.14 bits per heavy atom. The maximum atomic E-state index is 5.60. The summed E-state index contributed by atoms with van der Waals surface area (Å²) in [5.41, 5.74) is 6.47. The van der Waals surface area contributed by atoms with Crippen molar-refractivity contribution in [3.05, 3.63) is 24.3 Å². The van der Waals surface area contributed by atoms with Gasteiger partial charge < -0.3 is 11.1 Å². The van der Waals surface area contributed by atoms with Crippen LogP contribution in [0, 0.1) is 0 Å². The minimum absolute atomic E-state index is 0.463. The second-order valence-corrected chi connectivity index (χ2v) is 2.83. The Morgan fingerprint density at radius 2 is 2.50 bits per heavy atom. The van der Waals surface area contributed by atoms with E-state index in [1.807, 2.05) is 6.07 Å². The van der Waals surface area contributed by atoms with Crippen molar-refractivity contribution in [2.45, 2.75) is 19.9 Å². The maximum Gasteiger partial charge on any atom is 0.188 e. The molecular formula is C9H15N5. The monoisotopic (exact) mass is 193 g/mol. The van der Waals surface area contributed by atoms with Gasteiger partial charge in [0.25, 0.3) is 0 Å². The summed E-state index contributed by atoms with van der Waals surface area (Å²) >= 11 is 0. The molecule has 14 heavy (non-hydrogen) atoms. The van der Waals surface area contributed by atoms with Crippen LogP contribution in [-0.4, -0.2) is 22.5 Å². The number of nitrogens with two attached hydrogens (primary N) is 1. The smallest absolute Gasteiger partial charge is 0.188 e. The van der Waals surface area contributed by atoms with E-state index in [4.69, 9.17) is 5.73 Å². The molecule has 0 saturated carbocycles. The van der Waals surface area contributed by atoms with Crippen LogP contribution in [0.4, 0.5) is 0 Å². The fourth-order valence-electron chi connectivity index (χ4n) is 0.887. The van der Waals surface area contributed by atoms with Gasteiger partial charge in [-0.15, -0.1) is 0 Å². The van der Waals surface area contributed by atoms with Crippen molar-refractivity contribution in [2.24, 2.45) is 10.7 Å². The molecule has 0 bridgehead atoms. The third-order valence-electron chi connectivity index (χ3n) is 1.61. The van der Waals surface area contributed by atoms with Crippen LogP contribution in [0.2, 0.25) is 0 Å². The van der Waals surface area contributed by atoms with Gasteiger partial charge in [0.15, 0.2) is 5.96 Å². The molecule has 0 aliphatic rings. The summed E-state index contributed by atoms with van der Waals surface area (Å²) in [5.74, 6) is 0.463. The SMILES string of the molecule is CCCNC(N)=NCc1ccncn1. The number of aliphatic imine (C=N–C) groups is 1. The second kappa shape index (κ2) is 5.90. The van der Waals surface area contributed by atoms with Gasteiger partial charge in [-0.1, -0.05) is 6.92 Å². The summed E-state index contributed by atoms with van der Waals surface area (Å²) in [6.45, 7) is 3.41. The number of guanidine groups is 1. The Kier molecular flexibility index (Phi) is 4.40. The van der Waals surface area contributed by atoms with Crippen LogP contribution in [0.5, 0.6) is 0 Å². The zero-order chi connectivity index (χ0) is 10.2. The topological polar surface area (TPSA) is 76.2 Å². The van der Waals surface area contributed by atoms with Crippen molar-refractivity contribution >= 4 is 5.96 Å². The molecule has 0 aliphatic carbocycles. The fourth-order valence-corrected chi connectivity index (χ4v) is 0.887. The maximum absolute atomic E-state index is 5.60. The van der Waals surface area contributed by atoms with E-state index in [1.54, 1.807) is 6.20 Å². The first-order valence-electron chi connectivity index (χ1n) is 4.61. The molecule has 0 amide bonds. The number of nitrogens with one attached hydrogen (secondary N) is 1. The average molecular weight is 193 g/mol. The standard InChI is InChI=1S/C9H15N5/c1-2-4-12-9(10)13-6-8-3-5-11-7-14-8/h3,5,7H,2,4,6H2,1H3,(H3,10,12,13). The molecule has 76 valence electrons. The Hall–Kier alpha value is -1.65. The molecule has 5 heteroatoms. The average Bonchev–Trinajstić information content (AvgIpc) is 2.25. The highest BCUT2D eigenvalue weighted by Crippen LogP contribution is 1.92. The zero-order valence-electron chi connectivity index (χ0n) is 8.27. The second-order valence-electron chi connectivity index (χ2n) is 2.83. The molecule has 0 unspecified atom stereocenters. The van der Waals surface area contributed by atoms with E-state index in [0.29, 0.717) is 12.5 Å². The van der Waals surface area contributed by atoms with E-state index < -0.39 is 0 Å². The summed E-state index contributed by atoms with van der Waals surface area (Å²) in [7, 11) is 0. The third kappa shape index (κ3) is 3.84. The van der Waals surface area contributed by atoms with Gasteiger partial charge in [0.1, 0.15) is 6.33 Å². The quantitative estimate of drug-likeness (QED) is 0.532. The molecule has 0 radical (unpaired) electrons. The van der Waals surface area contributed by atoms with Crippen molar-refractivity contribution in [3.63, 3.8) is 0 Å². The van der Waals surface area contributed by atoms with Crippen molar-refractivity contribution in [1.29, 1.82) is 0 Å². The van der Waals surface area contributed by atoms with Crippen LogP contribution in [0.1, 0.15) is 19.0 Å². The predicted octanol–water partition coefficient (Wildman–Crippen LogP) is 0.291. The molecule has 1 aromatic heterocycles. The van der Waals surface area contributed by atoms with Gasteiger partial charge in [-0.2, -0.15) is 0 Å². The largest absolute Gasteiger partial charge is 0.370 e.